The molecular weight excluding hydrogens is 296 g/mol. The standard InChI is InChI=1S/C18H20O3S/c1-14-5-2-8-17(11-14)21-9-4-10-22-13-15-6-3-7-16(12-15)18(19)20/h2-3,5-8,11-12H,4,9-10,13H2,1H3,(H,19,20). The monoisotopic (exact) mass is 316 g/mol. The van der Waals surface area contributed by atoms with E-state index in [4.69, 9.17) is 9.84 Å². The maximum atomic E-state index is 10.9. The molecule has 4 heteroatoms. The lowest BCUT2D eigenvalue weighted by atomic mass is 10.1. The van der Waals surface area contributed by atoms with Gasteiger partial charge in [-0.1, -0.05) is 24.3 Å². The summed E-state index contributed by atoms with van der Waals surface area (Å²) in [7, 11) is 0. The summed E-state index contributed by atoms with van der Waals surface area (Å²) in [5, 5.41) is 8.96. The Morgan fingerprint density at radius 1 is 1.18 bits per heavy atom. The second-order valence-corrected chi connectivity index (χ2v) is 6.18. The first-order valence-corrected chi connectivity index (χ1v) is 8.40. The number of aryl methyl sites for hydroxylation is 1. The molecule has 2 aromatic carbocycles. The van der Waals surface area contributed by atoms with Crippen LogP contribution in [0.2, 0.25) is 0 Å². The second kappa shape index (κ2) is 8.49. The third kappa shape index (κ3) is 5.45. The van der Waals surface area contributed by atoms with E-state index in [0.717, 1.165) is 29.2 Å². The Hall–Kier alpha value is -1.94. The molecule has 0 saturated heterocycles. The molecule has 0 heterocycles. The third-order valence-corrected chi connectivity index (χ3v) is 4.25. The summed E-state index contributed by atoms with van der Waals surface area (Å²) < 4.78 is 5.70. The van der Waals surface area contributed by atoms with Gasteiger partial charge in [-0.05, 0) is 54.5 Å². The van der Waals surface area contributed by atoms with Crippen molar-refractivity contribution in [3.63, 3.8) is 0 Å². The van der Waals surface area contributed by atoms with Crippen molar-refractivity contribution in [1.29, 1.82) is 0 Å². The Labute approximate surface area is 135 Å². The van der Waals surface area contributed by atoms with Crippen LogP contribution in [0.15, 0.2) is 48.5 Å². The highest BCUT2D eigenvalue weighted by Crippen LogP contribution is 2.16. The number of carboxylic acids is 1. The lowest BCUT2D eigenvalue weighted by molar-refractivity contribution is 0.0697. The van der Waals surface area contributed by atoms with Crippen LogP contribution >= 0.6 is 11.8 Å². The Kier molecular flexibility index (Phi) is 6.34. The van der Waals surface area contributed by atoms with Crippen LogP contribution in [-0.4, -0.2) is 23.4 Å². The van der Waals surface area contributed by atoms with Crippen molar-refractivity contribution in [2.45, 2.75) is 19.1 Å². The number of ether oxygens (including phenoxy) is 1. The quantitative estimate of drug-likeness (QED) is 0.733. The Morgan fingerprint density at radius 2 is 2.00 bits per heavy atom. The molecule has 3 nitrogen and oxygen atoms in total. The molecule has 0 unspecified atom stereocenters. The van der Waals surface area contributed by atoms with E-state index in [9.17, 15) is 4.79 Å². The summed E-state index contributed by atoms with van der Waals surface area (Å²) in [4.78, 5) is 10.9. The van der Waals surface area contributed by atoms with Gasteiger partial charge in [0.05, 0.1) is 12.2 Å². The Bertz CT molecular complexity index is 625. The normalized spacial score (nSPS) is 10.4. The number of rotatable bonds is 8. The summed E-state index contributed by atoms with van der Waals surface area (Å²) in [6, 6.07) is 15.2. The van der Waals surface area contributed by atoms with E-state index in [-0.39, 0.29) is 0 Å². The summed E-state index contributed by atoms with van der Waals surface area (Å²) >= 11 is 1.79. The van der Waals surface area contributed by atoms with Gasteiger partial charge in [-0.15, -0.1) is 0 Å². The average molecular weight is 316 g/mol. The van der Waals surface area contributed by atoms with E-state index in [0.29, 0.717) is 12.2 Å². The molecule has 116 valence electrons. The van der Waals surface area contributed by atoms with Crippen LogP contribution in [0, 0.1) is 6.92 Å². The van der Waals surface area contributed by atoms with Crippen LogP contribution in [0.1, 0.15) is 27.9 Å². The number of thioether (sulfide) groups is 1. The summed E-state index contributed by atoms with van der Waals surface area (Å²) in [5.41, 5.74) is 2.59. The van der Waals surface area contributed by atoms with Crippen LogP contribution in [0.3, 0.4) is 0 Å². The van der Waals surface area contributed by atoms with E-state index >= 15 is 0 Å². The molecule has 1 N–H and O–H groups in total. The zero-order chi connectivity index (χ0) is 15.8. The van der Waals surface area contributed by atoms with Crippen LogP contribution < -0.4 is 4.74 Å². The lowest BCUT2D eigenvalue weighted by Gasteiger charge is -2.07. The number of aromatic carboxylic acids is 1. The molecule has 0 saturated carbocycles. The average Bonchev–Trinajstić information content (AvgIpc) is 2.51. The van der Waals surface area contributed by atoms with Gasteiger partial charge >= 0.3 is 5.97 Å². The van der Waals surface area contributed by atoms with Gasteiger partial charge in [-0.25, -0.2) is 4.79 Å². The largest absolute Gasteiger partial charge is 0.494 e. The molecule has 0 bridgehead atoms. The fraction of sp³-hybridized carbons (Fsp3) is 0.278. The van der Waals surface area contributed by atoms with Gasteiger partial charge in [-0.3, -0.25) is 0 Å². The fourth-order valence-electron chi connectivity index (χ4n) is 2.04. The van der Waals surface area contributed by atoms with Crippen LogP contribution in [0.5, 0.6) is 5.75 Å². The van der Waals surface area contributed by atoms with Crippen molar-refractivity contribution < 1.29 is 14.6 Å². The molecule has 0 spiro atoms. The number of carbonyl (C=O) groups is 1. The van der Waals surface area contributed by atoms with Gasteiger partial charge in [0.2, 0.25) is 0 Å². The molecular formula is C18H20O3S. The molecule has 2 rings (SSSR count). The van der Waals surface area contributed by atoms with Gasteiger partial charge in [0, 0.05) is 5.75 Å². The van der Waals surface area contributed by atoms with Crippen molar-refractivity contribution in [2.24, 2.45) is 0 Å². The zero-order valence-corrected chi connectivity index (χ0v) is 13.4. The SMILES string of the molecule is Cc1cccc(OCCCSCc2cccc(C(=O)O)c2)c1. The summed E-state index contributed by atoms with van der Waals surface area (Å²) in [6.45, 7) is 2.75. The predicted octanol–water partition coefficient (Wildman–Crippen LogP) is 4.40. The van der Waals surface area contributed by atoms with Crippen molar-refractivity contribution in [3.05, 3.63) is 65.2 Å². The van der Waals surface area contributed by atoms with Gasteiger partial charge in [0.1, 0.15) is 5.75 Å². The molecule has 0 radical (unpaired) electrons. The van der Waals surface area contributed by atoms with Crippen LogP contribution in [-0.2, 0) is 5.75 Å². The molecule has 0 aliphatic carbocycles. The van der Waals surface area contributed by atoms with Crippen molar-refractivity contribution in [1.82, 2.24) is 0 Å². The van der Waals surface area contributed by atoms with Gasteiger partial charge in [0.25, 0.3) is 0 Å². The molecule has 0 aliphatic rings. The van der Waals surface area contributed by atoms with Crippen molar-refractivity contribution >= 4 is 17.7 Å². The molecule has 0 amide bonds. The first-order chi connectivity index (χ1) is 10.6. The molecule has 0 aromatic heterocycles. The van der Waals surface area contributed by atoms with Crippen LogP contribution in [0.25, 0.3) is 0 Å². The van der Waals surface area contributed by atoms with E-state index in [1.54, 1.807) is 30.0 Å². The van der Waals surface area contributed by atoms with E-state index in [1.807, 2.05) is 37.3 Å². The minimum atomic E-state index is -0.876. The highest BCUT2D eigenvalue weighted by atomic mass is 32.2. The first-order valence-electron chi connectivity index (χ1n) is 7.24. The number of hydrogen-bond donors (Lipinski definition) is 1. The molecule has 0 fully saturated rings. The molecule has 2 aromatic rings. The Balaban J connectivity index is 1.65. The van der Waals surface area contributed by atoms with Crippen LogP contribution in [0.4, 0.5) is 0 Å². The highest BCUT2D eigenvalue weighted by Gasteiger charge is 2.03. The number of benzene rings is 2. The molecule has 0 atom stereocenters. The van der Waals surface area contributed by atoms with Gasteiger partial charge in [0.15, 0.2) is 0 Å². The van der Waals surface area contributed by atoms with Gasteiger partial charge < -0.3 is 9.84 Å². The van der Waals surface area contributed by atoms with Gasteiger partial charge in [-0.2, -0.15) is 11.8 Å². The minimum absolute atomic E-state index is 0.348. The first kappa shape index (κ1) is 16.4. The van der Waals surface area contributed by atoms with E-state index < -0.39 is 5.97 Å². The third-order valence-electron chi connectivity index (χ3n) is 3.13. The molecule has 22 heavy (non-hydrogen) atoms. The summed E-state index contributed by atoms with van der Waals surface area (Å²) in [5.74, 6) is 1.85. The van der Waals surface area contributed by atoms with E-state index in [1.165, 1.54) is 5.56 Å². The maximum Gasteiger partial charge on any atom is 0.335 e. The topological polar surface area (TPSA) is 46.5 Å². The predicted molar refractivity (Wildman–Crippen MR) is 90.9 cm³/mol. The second-order valence-electron chi connectivity index (χ2n) is 5.08. The van der Waals surface area contributed by atoms with Crippen molar-refractivity contribution in [2.75, 3.05) is 12.4 Å². The Morgan fingerprint density at radius 3 is 2.77 bits per heavy atom. The number of carboxylic acid groups (broad SMARTS) is 1. The smallest absolute Gasteiger partial charge is 0.335 e. The number of hydrogen-bond acceptors (Lipinski definition) is 3. The zero-order valence-electron chi connectivity index (χ0n) is 12.6. The lowest BCUT2D eigenvalue weighted by Crippen LogP contribution is -1.99. The van der Waals surface area contributed by atoms with E-state index in [2.05, 4.69) is 0 Å². The van der Waals surface area contributed by atoms with Crippen molar-refractivity contribution in [3.8, 4) is 5.75 Å². The summed E-state index contributed by atoms with van der Waals surface area (Å²) in [6.07, 6.45) is 0.969. The minimum Gasteiger partial charge on any atom is -0.494 e. The maximum absolute atomic E-state index is 10.9. The molecule has 0 aliphatic heterocycles. The highest BCUT2D eigenvalue weighted by molar-refractivity contribution is 7.98. The fourth-order valence-corrected chi connectivity index (χ4v) is 2.92.